The summed E-state index contributed by atoms with van der Waals surface area (Å²) in [6, 6.07) is 0. The first-order chi connectivity index (χ1) is 7.90. The number of rotatable bonds is 3. The highest BCUT2D eigenvalue weighted by atomic mass is 32.2. The van der Waals surface area contributed by atoms with E-state index < -0.39 is 16.2 Å². The van der Waals surface area contributed by atoms with E-state index in [1.807, 2.05) is 0 Å². The summed E-state index contributed by atoms with van der Waals surface area (Å²) in [6.45, 7) is 1.88. The highest BCUT2D eigenvalue weighted by Gasteiger charge is 2.28. The Kier molecular flexibility index (Phi) is 2.94. The lowest BCUT2D eigenvalue weighted by atomic mass is 10.2. The van der Waals surface area contributed by atoms with Crippen LogP contribution in [0.4, 0.5) is 0 Å². The third-order valence-corrected chi connectivity index (χ3v) is 4.02. The molecule has 0 N–H and O–H groups in total. The summed E-state index contributed by atoms with van der Waals surface area (Å²) in [4.78, 5) is 11.7. The van der Waals surface area contributed by atoms with Crippen LogP contribution in [0.25, 0.3) is 0 Å². The van der Waals surface area contributed by atoms with Crippen molar-refractivity contribution < 1.29 is 17.9 Å². The number of carbonyl (C=O) groups excluding carboxylic acids is 1. The highest BCUT2D eigenvalue weighted by Crippen LogP contribution is 2.29. The van der Waals surface area contributed by atoms with Gasteiger partial charge in [0.1, 0.15) is 0 Å². The Morgan fingerprint density at radius 1 is 1.59 bits per heavy atom. The normalized spacial score (nSPS) is 22.8. The van der Waals surface area contributed by atoms with Crippen LogP contribution < -0.4 is 0 Å². The van der Waals surface area contributed by atoms with E-state index in [1.54, 1.807) is 0 Å². The van der Waals surface area contributed by atoms with Crippen LogP contribution in [0.5, 0.6) is 0 Å². The second-order valence-electron chi connectivity index (χ2n) is 4.26. The molecule has 94 valence electrons. The van der Waals surface area contributed by atoms with Gasteiger partial charge in [0.05, 0.1) is 17.9 Å². The molecule has 1 aliphatic carbocycles. The zero-order valence-corrected chi connectivity index (χ0v) is 10.5. The van der Waals surface area contributed by atoms with E-state index >= 15 is 0 Å². The number of carbonyl (C=O) groups is 1. The molecule has 1 saturated carbocycles. The van der Waals surface area contributed by atoms with Crippen molar-refractivity contribution in [3.05, 3.63) is 11.8 Å². The minimum atomic E-state index is -3.66. The Bertz CT molecular complexity index is 502. The number of esters is 1. The van der Waals surface area contributed by atoms with Crippen LogP contribution in [0, 0.1) is 5.92 Å². The molecule has 0 spiro atoms. The minimum absolute atomic E-state index is 0.170. The lowest BCUT2D eigenvalue weighted by Gasteiger charge is -2.19. The van der Waals surface area contributed by atoms with E-state index in [1.165, 1.54) is 20.2 Å². The first-order valence-corrected chi connectivity index (χ1v) is 6.73. The number of ether oxygens (including phenoxy) is 1. The van der Waals surface area contributed by atoms with Gasteiger partial charge in [0.15, 0.2) is 0 Å². The monoisotopic (exact) mass is 258 g/mol. The SMILES string of the molecule is CC1=NS(=O)(=O)N(C)C=C1C(=O)OCC1CC1. The van der Waals surface area contributed by atoms with Crippen molar-refractivity contribution in [3.8, 4) is 0 Å². The number of hydrogen-bond donors (Lipinski definition) is 0. The van der Waals surface area contributed by atoms with E-state index in [9.17, 15) is 13.2 Å². The summed E-state index contributed by atoms with van der Waals surface area (Å²) in [5, 5.41) is 0. The Hall–Kier alpha value is -1.37. The van der Waals surface area contributed by atoms with Crippen molar-refractivity contribution in [1.82, 2.24) is 4.31 Å². The lowest BCUT2D eigenvalue weighted by molar-refractivity contribution is -0.138. The average Bonchev–Trinajstić information content (AvgIpc) is 3.03. The fourth-order valence-electron chi connectivity index (χ4n) is 1.38. The second-order valence-corrected chi connectivity index (χ2v) is 5.91. The molecule has 0 atom stereocenters. The predicted molar refractivity (Wildman–Crippen MR) is 61.6 cm³/mol. The Morgan fingerprint density at radius 3 is 2.82 bits per heavy atom. The molecule has 0 saturated heterocycles. The molecule has 2 aliphatic rings. The van der Waals surface area contributed by atoms with Crippen molar-refractivity contribution in [1.29, 1.82) is 0 Å². The van der Waals surface area contributed by atoms with Crippen LogP contribution >= 0.6 is 0 Å². The molecule has 1 aliphatic heterocycles. The van der Waals surface area contributed by atoms with Crippen molar-refractivity contribution in [2.45, 2.75) is 19.8 Å². The number of nitrogens with zero attached hydrogens (tertiary/aromatic N) is 2. The fourth-order valence-corrected chi connectivity index (χ4v) is 2.20. The van der Waals surface area contributed by atoms with Crippen LogP contribution in [0.3, 0.4) is 0 Å². The van der Waals surface area contributed by atoms with E-state index in [2.05, 4.69) is 4.40 Å². The van der Waals surface area contributed by atoms with E-state index in [0.29, 0.717) is 12.5 Å². The molecule has 7 heteroatoms. The van der Waals surface area contributed by atoms with Gasteiger partial charge in [0.2, 0.25) is 0 Å². The van der Waals surface area contributed by atoms with E-state index in [0.717, 1.165) is 17.1 Å². The quantitative estimate of drug-likeness (QED) is 0.690. The molecular formula is C10H14N2O4S. The summed E-state index contributed by atoms with van der Waals surface area (Å²) in [6.07, 6.45) is 3.42. The van der Waals surface area contributed by atoms with Gasteiger partial charge >= 0.3 is 16.2 Å². The summed E-state index contributed by atoms with van der Waals surface area (Å²) >= 11 is 0. The maximum Gasteiger partial charge on any atom is 0.344 e. The maximum atomic E-state index is 11.7. The van der Waals surface area contributed by atoms with Crippen molar-refractivity contribution in [3.63, 3.8) is 0 Å². The van der Waals surface area contributed by atoms with Gasteiger partial charge in [0, 0.05) is 13.2 Å². The van der Waals surface area contributed by atoms with Crippen LogP contribution in [0.1, 0.15) is 19.8 Å². The van der Waals surface area contributed by atoms with Gasteiger partial charge in [0.25, 0.3) is 0 Å². The van der Waals surface area contributed by atoms with Gasteiger partial charge in [-0.05, 0) is 25.7 Å². The third kappa shape index (κ3) is 2.66. The standard InChI is InChI=1S/C10H14N2O4S/c1-7-9(5-12(2)17(14,15)11-7)10(13)16-6-8-3-4-8/h5,8H,3-4,6H2,1-2H3. The van der Waals surface area contributed by atoms with Gasteiger partial charge < -0.3 is 4.74 Å². The molecule has 0 amide bonds. The van der Waals surface area contributed by atoms with Crippen molar-refractivity contribution in [2.24, 2.45) is 10.3 Å². The van der Waals surface area contributed by atoms with Gasteiger partial charge in [-0.15, -0.1) is 4.40 Å². The van der Waals surface area contributed by atoms with Gasteiger partial charge in [-0.2, -0.15) is 8.42 Å². The van der Waals surface area contributed by atoms with E-state index in [4.69, 9.17) is 4.74 Å². The van der Waals surface area contributed by atoms with Crippen LogP contribution in [-0.4, -0.2) is 38.1 Å². The fraction of sp³-hybridized carbons (Fsp3) is 0.600. The first-order valence-electron chi connectivity index (χ1n) is 5.34. The van der Waals surface area contributed by atoms with Crippen LogP contribution in [-0.2, 0) is 19.7 Å². The van der Waals surface area contributed by atoms with Crippen molar-refractivity contribution in [2.75, 3.05) is 13.7 Å². The Balaban J connectivity index is 2.10. The van der Waals surface area contributed by atoms with Gasteiger partial charge in [-0.25, -0.2) is 4.79 Å². The zero-order chi connectivity index (χ0) is 12.6. The molecule has 6 nitrogen and oxygen atoms in total. The van der Waals surface area contributed by atoms with Gasteiger partial charge in [-0.3, -0.25) is 4.31 Å². The molecule has 0 aromatic rings. The molecule has 0 unspecified atom stereocenters. The minimum Gasteiger partial charge on any atom is -0.462 e. The first kappa shape index (κ1) is 12.1. The molecule has 2 rings (SSSR count). The maximum absolute atomic E-state index is 11.7. The topological polar surface area (TPSA) is 76.0 Å². The smallest absolute Gasteiger partial charge is 0.344 e. The summed E-state index contributed by atoms with van der Waals surface area (Å²) in [7, 11) is -2.33. The molecule has 17 heavy (non-hydrogen) atoms. The molecule has 0 bridgehead atoms. The lowest BCUT2D eigenvalue weighted by Crippen LogP contribution is -2.29. The summed E-state index contributed by atoms with van der Waals surface area (Å²) in [5.74, 6) is -0.0400. The molecule has 1 fully saturated rings. The molecular weight excluding hydrogens is 244 g/mol. The highest BCUT2D eigenvalue weighted by molar-refractivity contribution is 7.88. The second kappa shape index (κ2) is 4.14. The zero-order valence-electron chi connectivity index (χ0n) is 9.71. The van der Waals surface area contributed by atoms with Gasteiger partial charge in [-0.1, -0.05) is 0 Å². The molecule has 1 heterocycles. The van der Waals surface area contributed by atoms with E-state index in [-0.39, 0.29) is 11.3 Å². The summed E-state index contributed by atoms with van der Waals surface area (Å²) < 4.78 is 32.2. The molecule has 0 radical (unpaired) electrons. The molecule has 0 aromatic heterocycles. The summed E-state index contributed by atoms with van der Waals surface area (Å²) in [5.41, 5.74) is 0.367. The predicted octanol–water partition coefficient (Wildman–Crippen LogP) is 0.475. The Morgan fingerprint density at radius 2 is 2.24 bits per heavy atom. The third-order valence-electron chi connectivity index (χ3n) is 2.68. The van der Waals surface area contributed by atoms with Crippen molar-refractivity contribution >= 4 is 21.9 Å². The largest absolute Gasteiger partial charge is 0.462 e. The van der Waals surface area contributed by atoms with Crippen LogP contribution in [0.2, 0.25) is 0 Å². The average molecular weight is 258 g/mol. The Labute approximate surface area is 100 Å². The van der Waals surface area contributed by atoms with Crippen LogP contribution in [0.15, 0.2) is 16.2 Å². The number of hydrogen-bond acceptors (Lipinski definition) is 4. The molecule has 0 aromatic carbocycles.